The van der Waals surface area contributed by atoms with Gasteiger partial charge >= 0.3 is 203 Å². The van der Waals surface area contributed by atoms with E-state index in [1.54, 1.807) is 0 Å². The molecular formula is C20H13ClF5N3O4Se. The van der Waals surface area contributed by atoms with E-state index in [0.29, 0.717) is 12.1 Å². The molecule has 4 rings (SSSR count). The second kappa shape index (κ2) is 8.58. The Balaban J connectivity index is 1.90. The first kappa shape index (κ1) is 20.8. The maximum absolute atomic E-state index is 14.6. The van der Waals surface area contributed by atoms with Crippen LogP contribution in [0.5, 0.6) is 0 Å². The number of hydrogen-bond donors (Lipinski definition) is 2. The van der Waals surface area contributed by atoms with Crippen LogP contribution in [-0.2, 0) is 15.8 Å². The summed E-state index contributed by atoms with van der Waals surface area (Å²) in [6, 6.07) is -0.0734. The van der Waals surface area contributed by atoms with Gasteiger partial charge in [0.05, 0.1) is 0 Å². The van der Waals surface area contributed by atoms with Gasteiger partial charge in [-0.2, -0.15) is 0 Å². The van der Waals surface area contributed by atoms with Crippen LogP contribution in [0.15, 0.2) is 29.2 Å². The van der Waals surface area contributed by atoms with Crippen molar-refractivity contribution in [3.8, 4) is 0 Å². The molecule has 180 valence electrons. The summed E-state index contributed by atoms with van der Waals surface area (Å²) in [4.78, 5) is 31.7. The summed E-state index contributed by atoms with van der Waals surface area (Å²) >= 11 is 4.93. The molecule has 3 atom stereocenters. The Labute approximate surface area is 202 Å². The number of pyridine rings is 1. The molecule has 0 spiro atoms. The molecule has 0 saturated carbocycles. The third-order valence-corrected chi connectivity index (χ3v) is 7.08. The number of alkyl halides is 3. The van der Waals surface area contributed by atoms with E-state index in [2.05, 4.69) is 4.98 Å². The summed E-state index contributed by atoms with van der Waals surface area (Å²) in [5.41, 5.74) is -2.29. The van der Waals surface area contributed by atoms with Crippen LogP contribution in [0.3, 0.4) is 0 Å². The molecule has 0 unspecified atom stereocenters. The first-order valence-corrected chi connectivity index (χ1v) is 11.4. The molecule has 2 aromatic heterocycles. The number of carbonyl (C=O) groups excluding carboxylic acids is 2. The van der Waals surface area contributed by atoms with E-state index in [1.165, 1.54) is 11.0 Å². The first-order chi connectivity index (χ1) is 17.0. The number of halogens is 6. The van der Waals surface area contributed by atoms with Crippen molar-refractivity contribution < 1.29 is 45.9 Å². The fourth-order valence-electron chi connectivity index (χ4n) is 3.49. The number of amides is 2. The van der Waals surface area contributed by atoms with Gasteiger partial charge in [-0.05, 0) is 0 Å². The molecule has 3 aromatic rings. The predicted molar refractivity (Wildman–Crippen MR) is 112 cm³/mol. The Bertz CT molecular complexity index is 1420. The van der Waals surface area contributed by atoms with Gasteiger partial charge in [-0.25, -0.2) is 0 Å². The van der Waals surface area contributed by atoms with E-state index in [4.69, 9.17) is 15.7 Å². The fourth-order valence-corrected chi connectivity index (χ4v) is 5.29. The maximum atomic E-state index is 14.6. The van der Waals surface area contributed by atoms with E-state index in [9.17, 15) is 41.8 Å². The Morgan fingerprint density at radius 2 is 1.97 bits per heavy atom. The van der Waals surface area contributed by atoms with Crippen LogP contribution >= 0.6 is 11.6 Å². The third-order valence-electron chi connectivity index (χ3n) is 5.10. The molecule has 0 aliphatic carbocycles. The standard InChI is InChI=1S/C20H13ClF5N3O4Se/c1-28(12-5-9(21)10(22)6-11(12)23)18(32)14-15(30)16(31)19(33)29(14)13-4-8(20(24,25)26)7-2-3-34-17(7)27-13/h2-6,14-16,30-31H,1H3/t14-,15-,16-/m0/s1/i1D3. The number of aliphatic hydroxyl groups is 2. The van der Waals surface area contributed by atoms with Gasteiger partial charge in [0.15, 0.2) is 0 Å². The molecule has 1 aliphatic rings. The van der Waals surface area contributed by atoms with Crippen LogP contribution in [-0.4, -0.2) is 66.7 Å². The summed E-state index contributed by atoms with van der Waals surface area (Å²) in [6.07, 6.45) is -9.64. The zero-order valence-corrected chi connectivity index (χ0v) is 18.8. The molecule has 7 nitrogen and oxygen atoms in total. The molecule has 0 bridgehead atoms. The molecule has 1 aliphatic heterocycles. The van der Waals surface area contributed by atoms with Gasteiger partial charge in [0, 0.05) is 0 Å². The van der Waals surface area contributed by atoms with Crippen molar-refractivity contribution in [2.24, 2.45) is 0 Å². The van der Waals surface area contributed by atoms with E-state index < -0.39 is 91.4 Å². The summed E-state index contributed by atoms with van der Waals surface area (Å²) in [5, 5.41) is 19.6. The van der Waals surface area contributed by atoms with Gasteiger partial charge in [0.25, 0.3) is 0 Å². The van der Waals surface area contributed by atoms with Crippen LogP contribution < -0.4 is 9.80 Å². The summed E-state index contributed by atoms with van der Waals surface area (Å²) in [7, 11) is 0. The van der Waals surface area contributed by atoms with E-state index in [1.807, 2.05) is 0 Å². The SMILES string of the molecule is [2H]C([2H])([2H])N(C(=O)[C@@H]1[C@H](O)[C@H](O)C(=O)N1c1cc(C(F)(F)F)c2cc[se]c2n1)c1cc(Cl)c(F)cc1F. The molecule has 3 heterocycles. The molecule has 14 heteroatoms. The molecule has 1 aromatic carbocycles. The van der Waals surface area contributed by atoms with Crippen LogP contribution in [0.4, 0.5) is 33.5 Å². The zero-order chi connectivity index (χ0) is 27.6. The minimum atomic E-state index is -4.93. The van der Waals surface area contributed by atoms with Gasteiger partial charge in [0.1, 0.15) is 0 Å². The zero-order valence-electron chi connectivity index (χ0n) is 19.3. The number of anilines is 2. The number of hydrogen-bond acceptors (Lipinski definition) is 5. The summed E-state index contributed by atoms with van der Waals surface area (Å²) in [5.74, 6) is -6.81. The summed E-state index contributed by atoms with van der Waals surface area (Å²) < 4.78 is 92.6. The van der Waals surface area contributed by atoms with Gasteiger partial charge in [-0.1, -0.05) is 0 Å². The molecule has 1 fully saturated rings. The van der Waals surface area contributed by atoms with Crippen molar-refractivity contribution in [2.75, 3.05) is 16.8 Å². The van der Waals surface area contributed by atoms with E-state index in [0.717, 1.165) is 0 Å². The Hall–Kier alpha value is -2.57. The van der Waals surface area contributed by atoms with Crippen LogP contribution in [0.1, 0.15) is 9.68 Å². The summed E-state index contributed by atoms with van der Waals surface area (Å²) in [6.45, 7) is -3.52. The number of rotatable bonds is 3. The molecule has 34 heavy (non-hydrogen) atoms. The normalized spacial score (nSPS) is 22.6. The number of nitrogens with zero attached hydrogens (tertiary/aromatic N) is 3. The Kier molecular flexibility index (Phi) is 5.24. The number of likely N-dealkylation sites (N-methyl/N-ethyl adjacent to an activating group) is 1. The number of aromatic nitrogens is 1. The van der Waals surface area contributed by atoms with Gasteiger partial charge < -0.3 is 0 Å². The van der Waals surface area contributed by atoms with Gasteiger partial charge in [-0.3, -0.25) is 0 Å². The Morgan fingerprint density at radius 3 is 2.62 bits per heavy atom. The molecule has 0 radical (unpaired) electrons. The Morgan fingerprint density at radius 1 is 1.26 bits per heavy atom. The van der Waals surface area contributed by atoms with Crippen molar-refractivity contribution in [2.45, 2.75) is 24.4 Å². The topological polar surface area (TPSA) is 94.0 Å². The number of benzene rings is 1. The van der Waals surface area contributed by atoms with Crippen LogP contribution in [0.25, 0.3) is 9.78 Å². The molecule has 1 saturated heterocycles. The third kappa shape index (κ3) is 3.97. The predicted octanol–water partition coefficient (Wildman–Crippen LogP) is 2.34. The van der Waals surface area contributed by atoms with Crippen LogP contribution in [0.2, 0.25) is 5.02 Å². The second-order valence-corrected chi connectivity index (χ2v) is 9.43. The molecular weight excluding hydrogens is 556 g/mol. The van der Waals surface area contributed by atoms with E-state index in [-0.39, 0.29) is 25.6 Å². The average molecular weight is 572 g/mol. The van der Waals surface area contributed by atoms with Crippen molar-refractivity contribution in [3.05, 3.63) is 51.4 Å². The number of fused-ring (bicyclic) bond motifs is 1. The van der Waals surface area contributed by atoms with Crippen molar-refractivity contribution in [3.63, 3.8) is 0 Å². The molecule has 2 amide bonds. The average Bonchev–Trinajstić information content (AvgIpc) is 3.33. The van der Waals surface area contributed by atoms with Crippen molar-refractivity contribution >= 4 is 59.2 Å². The monoisotopic (exact) mass is 572 g/mol. The van der Waals surface area contributed by atoms with Gasteiger partial charge in [0.2, 0.25) is 0 Å². The molecule has 2 N–H and O–H groups in total. The van der Waals surface area contributed by atoms with Crippen LogP contribution in [0, 0.1) is 11.6 Å². The van der Waals surface area contributed by atoms with Gasteiger partial charge in [-0.15, -0.1) is 0 Å². The quantitative estimate of drug-likeness (QED) is 0.286. The second-order valence-electron chi connectivity index (χ2n) is 7.15. The van der Waals surface area contributed by atoms with Crippen molar-refractivity contribution in [1.82, 2.24) is 4.98 Å². The first-order valence-electron chi connectivity index (χ1n) is 10.7. The number of aliphatic hydroxyl groups excluding tert-OH is 2. The minimum absolute atomic E-state index is 0.0729. The van der Waals surface area contributed by atoms with E-state index >= 15 is 0 Å². The number of carbonyl (C=O) groups is 2. The van der Waals surface area contributed by atoms with Crippen molar-refractivity contribution in [1.29, 1.82) is 0 Å². The fraction of sp³-hybridized carbons (Fsp3) is 0.250.